The fraction of sp³-hybridized carbons (Fsp3) is 0.800. The van der Waals surface area contributed by atoms with Crippen molar-refractivity contribution in [2.75, 3.05) is 13.2 Å². The van der Waals surface area contributed by atoms with Crippen LogP contribution in [0.5, 0.6) is 0 Å². The van der Waals surface area contributed by atoms with Gasteiger partial charge in [-0.3, -0.25) is 9.59 Å². The zero-order valence-electron chi connectivity index (χ0n) is 12.9. The Labute approximate surface area is 126 Å². The second kappa shape index (κ2) is 7.16. The molecule has 4 nitrogen and oxygen atoms in total. The number of ketones is 1. The average Bonchev–Trinajstić information content (AvgIpc) is 2.45. The maximum Gasteiger partial charge on any atom is 0.291 e. The summed E-state index contributed by atoms with van der Waals surface area (Å²) in [6, 6.07) is -0.234. The molecule has 0 radical (unpaired) electrons. The molecule has 0 aromatic carbocycles. The molecule has 1 rings (SSSR count). The van der Waals surface area contributed by atoms with E-state index in [0.29, 0.717) is 24.6 Å². The zero-order chi connectivity index (χ0) is 15.3. The number of carbonyl (C=O) groups is 2. The SMILES string of the molecule is CCOC(=S)C1CCCCN1C(=O)C(=O)C(C)(C)CC. The monoisotopic (exact) mass is 299 g/mol. The van der Waals surface area contributed by atoms with Gasteiger partial charge in [0.15, 0.2) is 5.05 Å². The van der Waals surface area contributed by atoms with Gasteiger partial charge < -0.3 is 9.64 Å². The van der Waals surface area contributed by atoms with E-state index in [1.165, 1.54) is 0 Å². The topological polar surface area (TPSA) is 46.6 Å². The number of thiocarbonyl (C=S) groups is 1. The lowest BCUT2D eigenvalue weighted by atomic mass is 9.84. The summed E-state index contributed by atoms with van der Waals surface area (Å²) in [6.07, 6.45) is 3.35. The van der Waals surface area contributed by atoms with E-state index in [-0.39, 0.29) is 11.8 Å². The van der Waals surface area contributed by atoms with E-state index in [1.807, 2.05) is 27.7 Å². The largest absolute Gasteiger partial charge is 0.485 e. The molecular weight excluding hydrogens is 274 g/mol. The normalized spacial score (nSPS) is 19.6. The predicted octanol–water partition coefficient (Wildman–Crippen LogP) is 2.74. The summed E-state index contributed by atoms with van der Waals surface area (Å²) in [5.41, 5.74) is -0.619. The Bertz CT molecular complexity index is 393. The van der Waals surface area contributed by atoms with Crippen LogP contribution >= 0.6 is 12.2 Å². The summed E-state index contributed by atoms with van der Waals surface area (Å²) in [7, 11) is 0. The summed E-state index contributed by atoms with van der Waals surface area (Å²) in [5.74, 6) is -0.741. The summed E-state index contributed by atoms with van der Waals surface area (Å²) in [5, 5.41) is 0.433. The van der Waals surface area contributed by atoms with Gasteiger partial charge >= 0.3 is 0 Å². The first-order chi connectivity index (χ1) is 9.35. The van der Waals surface area contributed by atoms with E-state index < -0.39 is 11.3 Å². The van der Waals surface area contributed by atoms with Crippen LogP contribution in [0.3, 0.4) is 0 Å². The van der Waals surface area contributed by atoms with Crippen LogP contribution < -0.4 is 0 Å². The first-order valence-corrected chi connectivity index (χ1v) is 7.78. The van der Waals surface area contributed by atoms with Gasteiger partial charge in [0.05, 0.1) is 6.61 Å². The molecule has 20 heavy (non-hydrogen) atoms. The highest BCUT2D eigenvalue weighted by atomic mass is 32.1. The highest BCUT2D eigenvalue weighted by molar-refractivity contribution is 7.80. The van der Waals surface area contributed by atoms with E-state index in [2.05, 4.69) is 0 Å². The van der Waals surface area contributed by atoms with Gasteiger partial charge in [-0.25, -0.2) is 0 Å². The summed E-state index contributed by atoms with van der Waals surface area (Å²) < 4.78 is 5.38. The summed E-state index contributed by atoms with van der Waals surface area (Å²) in [6.45, 7) is 8.49. The summed E-state index contributed by atoms with van der Waals surface area (Å²) >= 11 is 5.25. The van der Waals surface area contributed by atoms with E-state index in [0.717, 1.165) is 19.3 Å². The lowest BCUT2D eigenvalue weighted by Gasteiger charge is -2.36. The van der Waals surface area contributed by atoms with Crippen molar-refractivity contribution >= 4 is 29.0 Å². The number of amides is 1. The van der Waals surface area contributed by atoms with Gasteiger partial charge in [0.2, 0.25) is 5.78 Å². The minimum atomic E-state index is -0.619. The smallest absolute Gasteiger partial charge is 0.291 e. The Balaban J connectivity index is 2.87. The van der Waals surface area contributed by atoms with Crippen molar-refractivity contribution < 1.29 is 14.3 Å². The number of nitrogens with zero attached hydrogens (tertiary/aromatic N) is 1. The zero-order valence-corrected chi connectivity index (χ0v) is 13.7. The molecule has 0 saturated carbocycles. The molecule has 1 fully saturated rings. The van der Waals surface area contributed by atoms with Crippen molar-refractivity contribution in [3.05, 3.63) is 0 Å². The molecule has 5 heteroatoms. The van der Waals surface area contributed by atoms with Gasteiger partial charge in [0.1, 0.15) is 6.04 Å². The van der Waals surface area contributed by atoms with Crippen molar-refractivity contribution in [1.29, 1.82) is 0 Å². The average molecular weight is 299 g/mol. The van der Waals surface area contributed by atoms with Gasteiger partial charge in [0, 0.05) is 12.0 Å². The van der Waals surface area contributed by atoms with Gasteiger partial charge in [-0.05, 0) is 44.8 Å². The molecule has 0 aromatic heterocycles. The third kappa shape index (κ3) is 3.78. The maximum absolute atomic E-state index is 12.5. The Morgan fingerprint density at radius 1 is 1.30 bits per heavy atom. The predicted molar refractivity (Wildman–Crippen MR) is 82.7 cm³/mol. The number of piperidine rings is 1. The van der Waals surface area contributed by atoms with Crippen LogP contribution in [-0.2, 0) is 14.3 Å². The first-order valence-electron chi connectivity index (χ1n) is 7.37. The Morgan fingerprint density at radius 2 is 1.95 bits per heavy atom. The van der Waals surface area contributed by atoms with Crippen LogP contribution in [0.15, 0.2) is 0 Å². The maximum atomic E-state index is 12.5. The summed E-state index contributed by atoms with van der Waals surface area (Å²) in [4.78, 5) is 26.4. The molecule has 1 unspecified atom stereocenters. The number of Topliss-reactive ketones (excluding diaryl/α,β-unsaturated/α-hetero) is 1. The third-order valence-electron chi connectivity index (χ3n) is 4.02. The van der Waals surface area contributed by atoms with E-state index >= 15 is 0 Å². The van der Waals surface area contributed by atoms with E-state index in [4.69, 9.17) is 17.0 Å². The van der Waals surface area contributed by atoms with Gasteiger partial charge in [-0.2, -0.15) is 0 Å². The van der Waals surface area contributed by atoms with Crippen LogP contribution in [0.4, 0.5) is 0 Å². The fourth-order valence-corrected chi connectivity index (χ4v) is 2.60. The highest BCUT2D eigenvalue weighted by Gasteiger charge is 2.39. The minimum absolute atomic E-state index is 0.234. The molecule has 0 N–H and O–H groups in total. The molecule has 1 amide bonds. The quantitative estimate of drug-likeness (QED) is 0.578. The van der Waals surface area contributed by atoms with Crippen molar-refractivity contribution in [1.82, 2.24) is 4.90 Å². The number of likely N-dealkylation sites (tertiary alicyclic amines) is 1. The molecule has 1 aliphatic rings. The molecule has 1 saturated heterocycles. The molecule has 1 atom stereocenters. The number of rotatable bonds is 5. The highest BCUT2D eigenvalue weighted by Crippen LogP contribution is 2.25. The van der Waals surface area contributed by atoms with E-state index in [9.17, 15) is 9.59 Å². The van der Waals surface area contributed by atoms with Crippen LogP contribution in [-0.4, -0.2) is 40.8 Å². The molecule has 0 spiro atoms. The molecule has 1 heterocycles. The van der Waals surface area contributed by atoms with Gasteiger partial charge in [-0.15, -0.1) is 0 Å². The molecule has 0 bridgehead atoms. The molecule has 0 aliphatic carbocycles. The van der Waals surface area contributed by atoms with Crippen molar-refractivity contribution in [3.63, 3.8) is 0 Å². The minimum Gasteiger partial charge on any atom is -0.485 e. The first kappa shape index (κ1) is 17.1. The second-order valence-corrected chi connectivity index (χ2v) is 6.23. The van der Waals surface area contributed by atoms with Crippen molar-refractivity contribution in [2.45, 2.75) is 59.4 Å². The number of carbonyl (C=O) groups excluding carboxylic acids is 2. The Kier molecular flexibility index (Phi) is 6.11. The molecular formula is C15H25NO3S. The van der Waals surface area contributed by atoms with Gasteiger partial charge in [0.25, 0.3) is 5.91 Å². The number of hydrogen-bond acceptors (Lipinski definition) is 4. The van der Waals surface area contributed by atoms with Crippen LogP contribution in [0.1, 0.15) is 53.4 Å². The molecule has 1 aliphatic heterocycles. The van der Waals surface area contributed by atoms with Crippen molar-refractivity contribution in [2.24, 2.45) is 5.41 Å². The lowest BCUT2D eigenvalue weighted by molar-refractivity contribution is -0.150. The lowest BCUT2D eigenvalue weighted by Crippen LogP contribution is -2.52. The van der Waals surface area contributed by atoms with Gasteiger partial charge in [-0.1, -0.05) is 20.8 Å². The standard InChI is InChI=1S/C15H25NO3S/c1-5-15(3,4)12(17)13(18)16-10-8-7-9-11(16)14(20)19-6-2/h11H,5-10H2,1-4H3. The Hall–Kier alpha value is -0.970. The van der Waals surface area contributed by atoms with Crippen LogP contribution in [0.2, 0.25) is 0 Å². The molecule has 114 valence electrons. The number of ether oxygens (including phenoxy) is 1. The van der Waals surface area contributed by atoms with Crippen LogP contribution in [0, 0.1) is 5.41 Å². The number of hydrogen-bond donors (Lipinski definition) is 0. The van der Waals surface area contributed by atoms with Crippen molar-refractivity contribution in [3.8, 4) is 0 Å². The second-order valence-electron chi connectivity index (χ2n) is 5.83. The molecule has 0 aromatic rings. The fourth-order valence-electron chi connectivity index (χ4n) is 2.24. The van der Waals surface area contributed by atoms with Crippen LogP contribution in [0.25, 0.3) is 0 Å². The Morgan fingerprint density at radius 3 is 2.50 bits per heavy atom. The third-order valence-corrected chi connectivity index (χ3v) is 4.41. The van der Waals surface area contributed by atoms with E-state index in [1.54, 1.807) is 4.90 Å².